The number of aryl methyl sites for hydroxylation is 3. The zero-order chi connectivity index (χ0) is 14.9. The largest absolute Gasteiger partial charge is 0.496 e. The van der Waals surface area contributed by atoms with Crippen LogP contribution in [0.4, 0.5) is 0 Å². The lowest BCUT2D eigenvalue weighted by Gasteiger charge is -2.16. The van der Waals surface area contributed by atoms with Crippen LogP contribution in [0.2, 0.25) is 5.02 Å². The van der Waals surface area contributed by atoms with E-state index in [4.69, 9.17) is 27.9 Å². The van der Waals surface area contributed by atoms with Gasteiger partial charge in [-0.2, -0.15) is 0 Å². The van der Waals surface area contributed by atoms with Crippen LogP contribution in [0, 0.1) is 20.8 Å². The molecule has 0 heterocycles. The monoisotopic (exact) mass is 308 g/mol. The number of hydrogen-bond donors (Lipinski definition) is 0. The molecule has 0 aliphatic heterocycles. The van der Waals surface area contributed by atoms with Gasteiger partial charge in [0.15, 0.2) is 0 Å². The van der Waals surface area contributed by atoms with E-state index >= 15 is 0 Å². The first-order chi connectivity index (χ1) is 9.43. The quantitative estimate of drug-likeness (QED) is 0.670. The van der Waals surface area contributed by atoms with Crippen LogP contribution < -0.4 is 4.74 Å². The van der Waals surface area contributed by atoms with Crippen molar-refractivity contribution in [3.8, 4) is 5.75 Å². The normalized spacial score (nSPS) is 12.3. The van der Waals surface area contributed by atoms with E-state index in [1.807, 2.05) is 39.0 Å². The molecule has 0 N–H and O–H groups in total. The van der Waals surface area contributed by atoms with E-state index in [1.165, 1.54) is 0 Å². The van der Waals surface area contributed by atoms with Crippen molar-refractivity contribution in [2.75, 3.05) is 7.11 Å². The maximum Gasteiger partial charge on any atom is 0.124 e. The van der Waals surface area contributed by atoms with Crippen LogP contribution in [0.3, 0.4) is 0 Å². The Kier molecular flexibility index (Phi) is 4.62. The number of rotatable bonds is 3. The molecule has 0 amide bonds. The number of ether oxygens (including phenoxy) is 1. The molecule has 0 spiro atoms. The Morgan fingerprint density at radius 1 is 0.900 bits per heavy atom. The van der Waals surface area contributed by atoms with E-state index in [0.29, 0.717) is 0 Å². The zero-order valence-electron chi connectivity index (χ0n) is 12.1. The first-order valence-electron chi connectivity index (χ1n) is 6.49. The van der Waals surface area contributed by atoms with Crippen molar-refractivity contribution in [3.05, 3.63) is 63.2 Å². The first-order valence-corrected chi connectivity index (χ1v) is 7.30. The molecule has 2 aromatic carbocycles. The predicted octanol–water partition coefficient (Wildman–Crippen LogP) is 5.60. The Morgan fingerprint density at radius 2 is 1.50 bits per heavy atom. The average molecular weight is 309 g/mol. The van der Waals surface area contributed by atoms with Crippen molar-refractivity contribution in [2.45, 2.75) is 26.1 Å². The summed E-state index contributed by atoms with van der Waals surface area (Å²) < 4.78 is 5.39. The first kappa shape index (κ1) is 15.2. The van der Waals surface area contributed by atoms with E-state index in [2.05, 4.69) is 12.1 Å². The SMILES string of the molecule is COc1c(C)cc(C(Cl)c2ccc(C)c(Cl)c2)cc1C. The minimum Gasteiger partial charge on any atom is -0.496 e. The molecule has 0 fully saturated rings. The summed E-state index contributed by atoms with van der Waals surface area (Å²) in [6, 6.07) is 10.1. The van der Waals surface area contributed by atoms with Crippen LogP contribution in [0.5, 0.6) is 5.75 Å². The summed E-state index contributed by atoms with van der Waals surface area (Å²) in [6.07, 6.45) is 0. The van der Waals surface area contributed by atoms with Gasteiger partial charge in [-0.1, -0.05) is 35.9 Å². The highest BCUT2D eigenvalue weighted by Crippen LogP contribution is 2.35. The van der Waals surface area contributed by atoms with Crippen molar-refractivity contribution in [1.82, 2.24) is 0 Å². The van der Waals surface area contributed by atoms with Crippen LogP contribution in [0.15, 0.2) is 30.3 Å². The summed E-state index contributed by atoms with van der Waals surface area (Å²) in [7, 11) is 1.69. The summed E-state index contributed by atoms with van der Waals surface area (Å²) in [6.45, 7) is 6.04. The zero-order valence-corrected chi connectivity index (χ0v) is 13.6. The van der Waals surface area contributed by atoms with E-state index in [-0.39, 0.29) is 5.38 Å². The Morgan fingerprint density at radius 3 is 2.00 bits per heavy atom. The molecule has 0 saturated carbocycles. The van der Waals surface area contributed by atoms with E-state index < -0.39 is 0 Å². The molecule has 0 aliphatic rings. The smallest absolute Gasteiger partial charge is 0.124 e. The fraction of sp³-hybridized carbons (Fsp3) is 0.294. The van der Waals surface area contributed by atoms with Crippen LogP contribution in [-0.4, -0.2) is 7.11 Å². The van der Waals surface area contributed by atoms with Gasteiger partial charge in [0.1, 0.15) is 5.75 Å². The lowest BCUT2D eigenvalue weighted by atomic mass is 9.98. The second-order valence-corrected chi connectivity index (χ2v) is 5.90. The van der Waals surface area contributed by atoms with Crippen molar-refractivity contribution >= 4 is 23.2 Å². The van der Waals surface area contributed by atoms with Gasteiger partial charge >= 0.3 is 0 Å². The minimum atomic E-state index is -0.212. The molecule has 0 aromatic heterocycles. The number of halogens is 2. The van der Waals surface area contributed by atoms with Crippen LogP contribution in [-0.2, 0) is 0 Å². The standard InChI is InChI=1S/C17H18Cl2O/c1-10-5-6-13(9-15(10)18)16(19)14-7-11(2)17(20-4)12(3)8-14/h5-9,16H,1-4H3. The molecule has 20 heavy (non-hydrogen) atoms. The number of alkyl halides is 1. The van der Waals surface area contributed by atoms with Gasteiger partial charge in [0.25, 0.3) is 0 Å². The van der Waals surface area contributed by atoms with Gasteiger partial charge in [-0.05, 0) is 54.7 Å². The predicted molar refractivity (Wildman–Crippen MR) is 86.4 cm³/mol. The fourth-order valence-corrected chi connectivity index (χ4v) is 2.86. The summed E-state index contributed by atoms with van der Waals surface area (Å²) in [5.74, 6) is 0.916. The molecule has 0 radical (unpaired) electrons. The van der Waals surface area contributed by atoms with Gasteiger partial charge in [-0.25, -0.2) is 0 Å². The number of benzene rings is 2. The number of hydrogen-bond acceptors (Lipinski definition) is 1. The highest BCUT2D eigenvalue weighted by atomic mass is 35.5. The maximum atomic E-state index is 6.60. The molecule has 106 valence electrons. The van der Waals surface area contributed by atoms with Crippen molar-refractivity contribution in [1.29, 1.82) is 0 Å². The molecular formula is C17H18Cl2O. The lowest BCUT2D eigenvalue weighted by Crippen LogP contribution is -1.98. The molecule has 2 aromatic rings. The van der Waals surface area contributed by atoms with Gasteiger partial charge in [-0.15, -0.1) is 11.6 Å². The van der Waals surface area contributed by atoms with Gasteiger partial charge in [0, 0.05) is 5.02 Å². The third-order valence-corrected chi connectivity index (χ3v) is 4.38. The van der Waals surface area contributed by atoms with E-state index in [9.17, 15) is 0 Å². The molecule has 1 unspecified atom stereocenters. The Hall–Kier alpha value is -1.18. The molecule has 2 rings (SSSR count). The molecule has 1 atom stereocenters. The van der Waals surface area contributed by atoms with Gasteiger partial charge in [0.2, 0.25) is 0 Å². The fourth-order valence-electron chi connectivity index (χ4n) is 2.41. The summed E-state index contributed by atoms with van der Waals surface area (Å²) in [5.41, 5.74) is 5.30. The van der Waals surface area contributed by atoms with E-state index in [0.717, 1.165) is 38.6 Å². The summed E-state index contributed by atoms with van der Waals surface area (Å²) in [5, 5.41) is 0.534. The lowest BCUT2D eigenvalue weighted by molar-refractivity contribution is 0.408. The Labute approximate surface area is 130 Å². The maximum absolute atomic E-state index is 6.60. The highest BCUT2D eigenvalue weighted by molar-refractivity contribution is 6.31. The highest BCUT2D eigenvalue weighted by Gasteiger charge is 2.15. The van der Waals surface area contributed by atoms with Gasteiger partial charge < -0.3 is 4.74 Å². The van der Waals surface area contributed by atoms with Gasteiger partial charge in [0.05, 0.1) is 12.5 Å². The molecule has 0 aliphatic carbocycles. The topological polar surface area (TPSA) is 9.23 Å². The van der Waals surface area contributed by atoms with Crippen molar-refractivity contribution in [2.24, 2.45) is 0 Å². The summed E-state index contributed by atoms with van der Waals surface area (Å²) >= 11 is 12.8. The Bertz CT molecular complexity index is 612. The molecule has 3 heteroatoms. The summed E-state index contributed by atoms with van der Waals surface area (Å²) in [4.78, 5) is 0. The van der Waals surface area contributed by atoms with Crippen LogP contribution in [0.25, 0.3) is 0 Å². The molecule has 1 nitrogen and oxygen atoms in total. The third-order valence-electron chi connectivity index (χ3n) is 3.47. The van der Waals surface area contributed by atoms with Crippen LogP contribution in [0.1, 0.15) is 33.2 Å². The minimum absolute atomic E-state index is 0.212. The average Bonchev–Trinajstić information content (AvgIpc) is 2.40. The molecular weight excluding hydrogens is 291 g/mol. The van der Waals surface area contributed by atoms with Crippen molar-refractivity contribution < 1.29 is 4.74 Å². The molecule has 0 bridgehead atoms. The third kappa shape index (κ3) is 2.94. The van der Waals surface area contributed by atoms with Crippen LogP contribution >= 0.6 is 23.2 Å². The second kappa shape index (κ2) is 6.07. The van der Waals surface area contributed by atoms with Gasteiger partial charge in [-0.3, -0.25) is 0 Å². The van der Waals surface area contributed by atoms with Crippen molar-refractivity contribution in [3.63, 3.8) is 0 Å². The Balaban J connectivity index is 2.42. The van der Waals surface area contributed by atoms with E-state index in [1.54, 1.807) is 7.11 Å². The molecule has 0 saturated heterocycles. The second-order valence-electron chi connectivity index (χ2n) is 5.06. The number of methoxy groups -OCH3 is 1.